The van der Waals surface area contributed by atoms with Crippen LogP contribution in [-0.2, 0) is 15.1 Å². The van der Waals surface area contributed by atoms with Gasteiger partial charge in [0.25, 0.3) is 0 Å². The lowest BCUT2D eigenvalue weighted by Gasteiger charge is -2.32. The Balaban J connectivity index is 1.73. The van der Waals surface area contributed by atoms with E-state index in [4.69, 9.17) is 9.47 Å². The second kappa shape index (κ2) is 6.26. The van der Waals surface area contributed by atoms with Gasteiger partial charge in [-0.2, -0.15) is 0 Å². The van der Waals surface area contributed by atoms with E-state index in [2.05, 4.69) is 0 Å². The molecular formula is C17H23NO4. The molecule has 1 heterocycles. The highest BCUT2D eigenvalue weighted by Crippen LogP contribution is 2.37. The Morgan fingerprint density at radius 1 is 1.27 bits per heavy atom. The second-order valence-corrected chi connectivity index (χ2v) is 6.21. The molecular weight excluding hydrogens is 282 g/mol. The fraction of sp³-hybridized carbons (Fsp3) is 0.588. The third-order valence-electron chi connectivity index (χ3n) is 4.62. The summed E-state index contributed by atoms with van der Waals surface area (Å²) in [6.45, 7) is 0.899. The highest BCUT2D eigenvalue weighted by atomic mass is 16.6. The largest absolute Gasteiger partial charge is 0.441 e. The fourth-order valence-electron chi connectivity index (χ4n) is 3.38. The zero-order valence-corrected chi connectivity index (χ0v) is 13.0. The summed E-state index contributed by atoms with van der Waals surface area (Å²) in [5.74, 6) is 0. The van der Waals surface area contributed by atoms with E-state index in [-0.39, 0.29) is 12.2 Å². The van der Waals surface area contributed by atoms with Crippen LogP contribution in [0.4, 0.5) is 10.5 Å². The van der Waals surface area contributed by atoms with Gasteiger partial charge in [-0.05, 0) is 30.5 Å². The van der Waals surface area contributed by atoms with Crippen molar-refractivity contribution in [2.45, 2.75) is 43.8 Å². The van der Waals surface area contributed by atoms with Gasteiger partial charge in [-0.25, -0.2) is 4.79 Å². The van der Waals surface area contributed by atoms with E-state index in [1.807, 2.05) is 24.3 Å². The Morgan fingerprint density at radius 2 is 1.95 bits per heavy atom. The van der Waals surface area contributed by atoms with Crippen molar-refractivity contribution in [2.75, 3.05) is 25.2 Å². The predicted molar refractivity (Wildman–Crippen MR) is 82.9 cm³/mol. The Kier molecular flexibility index (Phi) is 4.36. The first-order valence-electron chi connectivity index (χ1n) is 7.92. The number of carbonyl (C=O) groups is 1. The Morgan fingerprint density at radius 3 is 2.59 bits per heavy atom. The van der Waals surface area contributed by atoms with Crippen LogP contribution in [0.1, 0.15) is 37.7 Å². The molecule has 1 atom stereocenters. The van der Waals surface area contributed by atoms with E-state index < -0.39 is 5.60 Å². The summed E-state index contributed by atoms with van der Waals surface area (Å²) in [4.78, 5) is 13.5. The SMILES string of the molecule is COC[C@@H]1CN(c2ccc(C3(O)CCCCC3)cc2)C(=O)O1. The van der Waals surface area contributed by atoms with Crippen molar-refractivity contribution in [3.05, 3.63) is 29.8 Å². The number of aliphatic hydroxyl groups is 1. The number of carbonyl (C=O) groups excluding carboxylic acids is 1. The minimum Gasteiger partial charge on any atom is -0.441 e. The molecule has 0 spiro atoms. The molecule has 1 aliphatic carbocycles. The Labute approximate surface area is 130 Å². The smallest absolute Gasteiger partial charge is 0.414 e. The summed E-state index contributed by atoms with van der Waals surface area (Å²) in [6, 6.07) is 7.63. The van der Waals surface area contributed by atoms with E-state index in [9.17, 15) is 9.90 Å². The van der Waals surface area contributed by atoms with Crippen molar-refractivity contribution in [2.24, 2.45) is 0 Å². The molecule has 0 radical (unpaired) electrons. The highest BCUT2D eigenvalue weighted by Gasteiger charge is 2.34. The van der Waals surface area contributed by atoms with Gasteiger partial charge in [-0.15, -0.1) is 0 Å². The molecule has 1 aromatic rings. The summed E-state index contributed by atoms with van der Waals surface area (Å²) in [7, 11) is 1.59. The lowest BCUT2D eigenvalue weighted by atomic mass is 9.80. The first-order valence-corrected chi connectivity index (χ1v) is 7.92. The quantitative estimate of drug-likeness (QED) is 0.929. The topological polar surface area (TPSA) is 59.0 Å². The standard InChI is InChI=1S/C17H23NO4/c1-21-12-15-11-18(16(19)22-15)14-7-5-13(6-8-14)17(20)9-3-2-4-10-17/h5-8,15,20H,2-4,9-12H2,1H3/t15-/m0/s1. The second-order valence-electron chi connectivity index (χ2n) is 6.21. The van der Waals surface area contributed by atoms with Crippen molar-refractivity contribution < 1.29 is 19.4 Å². The van der Waals surface area contributed by atoms with Gasteiger partial charge in [0.1, 0.15) is 6.10 Å². The minimum absolute atomic E-state index is 0.222. The number of nitrogens with zero attached hydrogens (tertiary/aromatic N) is 1. The van der Waals surface area contributed by atoms with Crippen LogP contribution >= 0.6 is 0 Å². The van der Waals surface area contributed by atoms with E-state index >= 15 is 0 Å². The molecule has 2 aliphatic rings. The van der Waals surface area contributed by atoms with E-state index in [1.165, 1.54) is 6.42 Å². The first kappa shape index (κ1) is 15.3. The number of amides is 1. The third kappa shape index (κ3) is 2.96. The van der Waals surface area contributed by atoms with Gasteiger partial charge in [-0.3, -0.25) is 4.90 Å². The number of hydrogen-bond donors (Lipinski definition) is 1. The summed E-state index contributed by atoms with van der Waals surface area (Å²) >= 11 is 0. The van der Waals surface area contributed by atoms with Gasteiger partial charge in [0.2, 0.25) is 0 Å². The van der Waals surface area contributed by atoms with Crippen molar-refractivity contribution in [3.63, 3.8) is 0 Å². The van der Waals surface area contributed by atoms with Crippen LogP contribution in [-0.4, -0.2) is 37.6 Å². The average molecular weight is 305 g/mol. The summed E-state index contributed by atoms with van der Waals surface area (Å²) < 4.78 is 10.3. The average Bonchev–Trinajstić information content (AvgIpc) is 2.89. The summed E-state index contributed by atoms with van der Waals surface area (Å²) in [6.07, 6.45) is 4.39. The number of ether oxygens (including phenoxy) is 2. The number of rotatable bonds is 4. The number of cyclic esters (lactones) is 1. The number of benzene rings is 1. The zero-order valence-electron chi connectivity index (χ0n) is 13.0. The molecule has 1 N–H and O–H groups in total. The van der Waals surface area contributed by atoms with Crippen LogP contribution in [0.15, 0.2) is 24.3 Å². The lowest BCUT2D eigenvalue weighted by Crippen LogP contribution is -2.29. The molecule has 0 bridgehead atoms. The molecule has 5 heteroatoms. The first-order chi connectivity index (χ1) is 10.6. The van der Waals surface area contributed by atoms with Crippen LogP contribution in [0.5, 0.6) is 0 Å². The van der Waals surface area contributed by atoms with Crippen molar-refractivity contribution in [3.8, 4) is 0 Å². The van der Waals surface area contributed by atoms with Gasteiger partial charge >= 0.3 is 6.09 Å². The number of anilines is 1. The van der Waals surface area contributed by atoms with E-state index in [1.54, 1.807) is 12.0 Å². The number of methoxy groups -OCH3 is 1. The van der Waals surface area contributed by atoms with Gasteiger partial charge in [-0.1, -0.05) is 31.4 Å². The molecule has 120 valence electrons. The third-order valence-corrected chi connectivity index (χ3v) is 4.62. The fourth-order valence-corrected chi connectivity index (χ4v) is 3.38. The normalized spacial score (nSPS) is 24.4. The monoisotopic (exact) mass is 305 g/mol. The van der Waals surface area contributed by atoms with Gasteiger partial charge in [0.05, 0.1) is 18.8 Å². The molecule has 22 heavy (non-hydrogen) atoms. The molecule has 0 unspecified atom stereocenters. The molecule has 1 saturated carbocycles. The van der Waals surface area contributed by atoms with Crippen LogP contribution in [0.2, 0.25) is 0 Å². The maximum absolute atomic E-state index is 11.9. The Bertz CT molecular complexity index is 522. The molecule has 5 nitrogen and oxygen atoms in total. The lowest BCUT2D eigenvalue weighted by molar-refractivity contribution is -0.000613. The number of hydrogen-bond acceptors (Lipinski definition) is 4. The molecule has 1 amide bonds. The van der Waals surface area contributed by atoms with Crippen LogP contribution < -0.4 is 4.90 Å². The van der Waals surface area contributed by atoms with E-state index in [0.717, 1.165) is 36.9 Å². The highest BCUT2D eigenvalue weighted by molar-refractivity contribution is 5.89. The summed E-state index contributed by atoms with van der Waals surface area (Å²) in [5.41, 5.74) is 1.03. The van der Waals surface area contributed by atoms with Gasteiger partial charge in [0, 0.05) is 12.8 Å². The van der Waals surface area contributed by atoms with Crippen LogP contribution in [0.3, 0.4) is 0 Å². The molecule has 1 aliphatic heterocycles. The van der Waals surface area contributed by atoms with Crippen LogP contribution in [0, 0.1) is 0 Å². The summed E-state index contributed by atoms with van der Waals surface area (Å²) in [5, 5.41) is 10.7. The zero-order chi connectivity index (χ0) is 15.6. The van der Waals surface area contributed by atoms with Gasteiger partial charge in [0.15, 0.2) is 0 Å². The molecule has 1 saturated heterocycles. The van der Waals surface area contributed by atoms with E-state index in [0.29, 0.717) is 13.2 Å². The van der Waals surface area contributed by atoms with Gasteiger partial charge < -0.3 is 14.6 Å². The van der Waals surface area contributed by atoms with Crippen molar-refractivity contribution in [1.29, 1.82) is 0 Å². The molecule has 0 aromatic heterocycles. The van der Waals surface area contributed by atoms with Crippen LogP contribution in [0.25, 0.3) is 0 Å². The predicted octanol–water partition coefficient (Wildman–Crippen LogP) is 2.81. The molecule has 1 aromatic carbocycles. The molecule has 3 rings (SSSR count). The Hall–Kier alpha value is -1.59. The minimum atomic E-state index is -0.707. The van der Waals surface area contributed by atoms with Crippen molar-refractivity contribution in [1.82, 2.24) is 0 Å². The molecule has 2 fully saturated rings. The van der Waals surface area contributed by atoms with Crippen molar-refractivity contribution >= 4 is 11.8 Å². The maximum Gasteiger partial charge on any atom is 0.414 e. The maximum atomic E-state index is 11.9.